The molecule has 0 aromatic heterocycles. The van der Waals surface area contributed by atoms with E-state index in [0.29, 0.717) is 0 Å². The van der Waals surface area contributed by atoms with Crippen molar-refractivity contribution in [1.82, 2.24) is 0 Å². The average molecular weight is 321 g/mol. The molecule has 0 spiro atoms. The maximum Gasteiger partial charge on any atom is 0.0924 e. The quantitative estimate of drug-likeness (QED) is 0.433. The van der Waals surface area contributed by atoms with Crippen LogP contribution in [0, 0.1) is 0 Å². The lowest BCUT2D eigenvalue weighted by atomic mass is 9.84. The van der Waals surface area contributed by atoms with Crippen molar-refractivity contribution in [2.45, 2.75) is 58.3 Å². The van der Waals surface area contributed by atoms with Crippen LogP contribution in [0.4, 0.5) is 0 Å². The summed E-state index contributed by atoms with van der Waals surface area (Å²) in [5.41, 5.74) is 1.36. The van der Waals surface area contributed by atoms with E-state index >= 15 is 0 Å². The fraction of sp³-hybridized carbons (Fsp3) is 0.500. The summed E-state index contributed by atoms with van der Waals surface area (Å²) in [6.07, 6.45) is 13.9. The Morgan fingerprint density at radius 1 is 1.23 bits per heavy atom. The summed E-state index contributed by atoms with van der Waals surface area (Å²) in [7, 11) is 1.67. The Morgan fingerprint density at radius 3 is 2.50 bits per heavy atom. The summed E-state index contributed by atoms with van der Waals surface area (Å²) in [4.78, 5) is 0. The number of hydrogen-bond acceptors (Lipinski definition) is 1. The van der Waals surface area contributed by atoms with Gasteiger partial charge in [-0.2, -0.15) is 0 Å². The zero-order valence-electron chi connectivity index (χ0n) is 14.1. The zero-order valence-corrected chi connectivity index (χ0v) is 14.9. The first-order chi connectivity index (χ1) is 10.7. The molecule has 0 amide bonds. The molecule has 0 saturated heterocycles. The van der Waals surface area contributed by atoms with Crippen LogP contribution < -0.4 is 0 Å². The lowest BCUT2D eigenvalue weighted by Crippen LogP contribution is -2.04. The van der Waals surface area contributed by atoms with E-state index in [4.69, 9.17) is 16.3 Å². The van der Waals surface area contributed by atoms with Crippen LogP contribution in [0.25, 0.3) is 0 Å². The molecule has 0 bridgehead atoms. The molecule has 1 aliphatic rings. The number of benzene rings is 1. The first kappa shape index (κ1) is 18.8. The van der Waals surface area contributed by atoms with E-state index < -0.39 is 0 Å². The minimum atomic E-state index is 0.724. The Balaban J connectivity index is 0.000000239. The van der Waals surface area contributed by atoms with Gasteiger partial charge in [-0.15, -0.1) is 0 Å². The van der Waals surface area contributed by atoms with Crippen LogP contribution in [0.1, 0.15) is 63.9 Å². The second-order valence-electron chi connectivity index (χ2n) is 5.67. The SMILES string of the molecule is CC/C=C\C=C(/C)OC.Clc1ccccc1C1CCCCC1. The van der Waals surface area contributed by atoms with Crippen molar-refractivity contribution in [1.29, 1.82) is 0 Å². The Bertz CT molecular complexity index is 470. The van der Waals surface area contributed by atoms with Crippen LogP contribution in [-0.2, 0) is 4.74 Å². The molecule has 22 heavy (non-hydrogen) atoms. The molecule has 1 aromatic carbocycles. The average Bonchev–Trinajstić information content (AvgIpc) is 2.57. The molecule has 122 valence electrons. The molecule has 1 fully saturated rings. The smallest absolute Gasteiger partial charge is 0.0924 e. The third-order valence-electron chi connectivity index (χ3n) is 3.97. The van der Waals surface area contributed by atoms with Crippen LogP contribution in [0.5, 0.6) is 0 Å². The van der Waals surface area contributed by atoms with Crippen molar-refractivity contribution in [3.63, 3.8) is 0 Å². The first-order valence-corrected chi connectivity index (χ1v) is 8.68. The van der Waals surface area contributed by atoms with Crippen LogP contribution in [-0.4, -0.2) is 7.11 Å². The van der Waals surface area contributed by atoms with Gasteiger partial charge in [-0.3, -0.25) is 0 Å². The third kappa shape index (κ3) is 7.17. The van der Waals surface area contributed by atoms with Gasteiger partial charge in [0, 0.05) is 5.02 Å². The van der Waals surface area contributed by atoms with Gasteiger partial charge in [0.25, 0.3) is 0 Å². The van der Waals surface area contributed by atoms with E-state index in [1.165, 1.54) is 37.7 Å². The number of ether oxygens (including phenoxy) is 1. The highest BCUT2D eigenvalue weighted by Crippen LogP contribution is 2.35. The largest absolute Gasteiger partial charge is 0.501 e. The minimum absolute atomic E-state index is 0.724. The minimum Gasteiger partial charge on any atom is -0.501 e. The Morgan fingerprint density at radius 2 is 1.91 bits per heavy atom. The van der Waals surface area contributed by atoms with E-state index in [9.17, 15) is 0 Å². The van der Waals surface area contributed by atoms with E-state index in [1.807, 2.05) is 31.2 Å². The molecule has 1 aromatic rings. The molecule has 0 heterocycles. The Kier molecular flexibility index (Phi) is 9.74. The Hall–Kier alpha value is -1.21. The molecule has 0 radical (unpaired) electrons. The molecule has 0 aliphatic heterocycles. The van der Waals surface area contributed by atoms with Gasteiger partial charge in [0.05, 0.1) is 12.9 Å². The second kappa shape index (κ2) is 11.4. The molecule has 0 atom stereocenters. The van der Waals surface area contributed by atoms with Crippen molar-refractivity contribution in [3.05, 3.63) is 58.8 Å². The van der Waals surface area contributed by atoms with Gasteiger partial charge >= 0.3 is 0 Å². The van der Waals surface area contributed by atoms with Crippen LogP contribution >= 0.6 is 11.6 Å². The van der Waals surface area contributed by atoms with Gasteiger partial charge in [-0.25, -0.2) is 0 Å². The standard InChI is InChI=1S/C12H15Cl.C8H14O/c13-12-9-5-4-8-11(12)10-6-2-1-3-7-10;1-4-5-6-7-8(2)9-3/h4-5,8-10H,1-3,6-7H2;5-7H,4H2,1-3H3/b;6-5-,8-7+. The fourth-order valence-electron chi connectivity index (χ4n) is 2.63. The molecule has 1 aliphatic carbocycles. The zero-order chi connectivity index (χ0) is 16.2. The van der Waals surface area contributed by atoms with Crippen LogP contribution in [0.2, 0.25) is 5.02 Å². The predicted octanol–water partition coefficient (Wildman–Crippen LogP) is 6.89. The van der Waals surface area contributed by atoms with Crippen molar-refractivity contribution in [2.24, 2.45) is 0 Å². The summed E-state index contributed by atoms with van der Waals surface area (Å²) in [5.74, 6) is 1.67. The summed E-state index contributed by atoms with van der Waals surface area (Å²) in [6.45, 7) is 4.03. The van der Waals surface area contributed by atoms with Crippen LogP contribution in [0.3, 0.4) is 0 Å². The fourth-order valence-corrected chi connectivity index (χ4v) is 2.92. The van der Waals surface area contributed by atoms with E-state index in [0.717, 1.165) is 23.1 Å². The number of halogens is 1. The molecular weight excluding hydrogens is 292 g/mol. The summed E-state index contributed by atoms with van der Waals surface area (Å²) >= 11 is 6.16. The second-order valence-corrected chi connectivity index (χ2v) is 6.08. The van der Waals surface area contributed by atoms with E-state index in [-0.39, 0.29) is 0 Å². The lowest BCUT2D eigenvalue weighted by molar-refractivity contribution is 0.294. The molecule has 0 N–H and O–H groups in total. The van der Waals surface area contributed by atoms with E-state index in [2.05, 4.69) is 25.1 Å². The van der Waals surface area contributed by atoms with Crippen LogP contribution in [0.15, 0.2) is 48.3 Å². The van der Waals surface area contributed by atoms with Gasteiger partial charge in [0.15, 0.2) is 0 Å². The monoisotopic (exact) mass is 320 g/mol. The Labute approximate surface area is 141 Å². The van der Waals surface area contributed by atoms with Gasteiger partial charge < -0.3 is 4.74 Å². The number of allylic oxidation sites excluding steroid dienone is 4. The molecule has 0 unspecified atom stereocenters. The summed E-state index contributed by atoms with van der Waals surface area (Å²) < 4.78 is 4.91. The molecule has 1 nitrogen and oxygen atoms in total. The van der Waals surface area contributed by atoms with Gasteiger partial charge in [0.1, 0.15) is 0 Å². The normalized spacial score (nSPS) is 16.3. The summed E-state index contributed by atoms with van der Waals surface area (Å²) in [6, 6.07) is 8.29. The molecule has 2 heteroatoms. The third-order valence-corrected chi connectivity index (χ3v) is 4.32. The van der Waals surface area contributed by atoms with Gasteiger partial charge in [0.2, 0.25) is 0 Å². The molecule has 2 rings (SSSR count). The van der Waals surface area contributed by atoms with Gasteiger partial charge in [-0.05, 0) is 49.8 Å². The van der Waals surface area contributed by atoms with Crippen molar-refractivity contribution < 1.29 is 4.74 Å². The predicted molar refractivity (Wildman–Crippen MR) is 97.5 cm³/mol. The highest BCUT2D eigenvalue weighted by atomic mass is 35.5. The molecule has 1 saturated carbocycles. The van der Waals surface area contributed by atoms with Crippen molar-refractivity contribution in [3.8, 4) is 0 Å². The maximum absolute atomic E-state index is 6.16. The van der Waals surface area contributed by atoms with Gasteiger partial charge in [-0.1, -0.05) is 68.1 Å². The number of methoxy groups -OCH3 is 1. The number of rotatable bonds is 4. The lowest BCUT2D eigenvalue weighted by Gasteiger charge is -2.22. The maximum atomic E-state index is 6.16. The van der Waals surface area contributed by atoms with Crippen molar-refractivity contribution >= 4 is 11.6 Å². The highest BCUT2D eigenvalue weighted by Gasteiger charge is 2.16. The highest BCUT2D eigenvalue weighted by molar-refractivity contribution is 6.31. The first-order valence-electron chi connectivity index (χ1n) is 8.30. The van der Waals surface area contributed by atoms with Crippen molar-refractivity contribution in [2.75, 3.05) is 7.11 Å². The van der Waals surface area contributed by atoms with E-state index in [1.54, 1.807) is 7.11 Å². The topological polar surface area (TPSA) is 9.23 Å². The molecular formula is C20H29ClO. The number of hydrogen-bond donors (Lipinski definition) is 0. The summed E-state index contributed by atoms with van der Waals surface area (Å²) in [5, 5.41) is 0.953.